The Bertz CT molecular complexity index is 603. The second kappa shape index (κ2) is 5.47. The number of nitro benzene ring substituents is 1. The molecule has 0 aliphatic heterocycles. The van der Waals surface area contributed by atoms with Crippen molar-refractivity contribution in [1.29, 1.82) is 5.26 Å². The number of benzene rings is 1. The van der Waals surface area contributed by atoms with Gasteiger partial charge in [0.15, 0.2) is 0 Å². The van der Waals surface area contributed by atoms with Crippen molar-refractivity contribution in [3.8, 4) is 6.07 Å². The molecule has 0 saturated heterocycles. The lowest BCUT2D eigenvalue weighted by atomic mass is 9.99. The number of carbonyl (C=O) groups is 1. The highest BCUT2D eigenvalue weighted by Crippen LogP contribution is 2.31. The van der Waals surface area contributed by atoms with Crippen LogP contribution in [0.4, 0.5) is 5.69 Å². The van der Waals surface area contributed by atoms with Gasteiger partial charge in [0.1, 0.15) is 11.1 Å². The van der Waals surface area contributed by atoms with Gasteiger partial charge in [-0.25, -0.2) is 0 Å². The van der Waals surface area contributed by atoms with E-state index in [2.05, 4.69) is 11.4 Å². The Morgan fingerprint density at radius 3 is 2.65 bits per heavy atom. The first-order chi connectivity index (χ1) is 9.49. The molecule has 0 unspecified atom stereocenters. The summed E-state index contributed by atoms with van der Waals surface area (Å²) < 4.78 is 0. The van der Waals surface area contributed by atoms with Gasteiger partial charge in [0.05, 0.1) is 16.0 Å². The molecule has 0 radical (unpaired) electrons. The number of hydrogen-bond donors (Lipinski definition) is 1. The summed E-state index contributed by atoms with van der Waals surface area (Å²) >= 11 is 5.89. The standard InChI is InChI=1S/C13H12ClN3O3/c14-9-4-3-5-10(17(19)20)11(9)12(18)16-13(8-15)6-1-2-7-13/h3-5H,1-2,6-7H2,(H,16,18). The van der Waals surface area contributed by atoms with Gasteiger partial charge in [0.25, 0.3) is 11.6 Å². The second-order valence-electron chi connectivity index (χ2n) is 4.75. The van der Waals surface area contributed by atoms with Crippen molar-refractivity contribution in [2.75, 3.05) is 0 Å². The SMILES string of the molecule is N#CC1(NC(=O)c2c(Cl)cccc2[N+](=O)[O-])CCCC1. The largest absolute Gasteiger partial charge is 0.333 e. The number of nitrogens with zero attached hydrogens (tertiary/aromatic N) is 2. The highest BCUT2D eigenvalue weighted by molar-refractivity contribution is 6.34. The fourth-order valence-corrected chi connectivity index (χ4v) is 2.67. The Hall–Kier alpha value is -2.13. The van der Waals surface area contributed by atoms with Crippen LogP contribution in [0.5, 0.6) is 0 Å². The molecule has 1 N–H and O–H groups in total. The quantitative estimate of drug-likeness (QED) is 0.684. The molecule has 1 aliphatic carbocycles. The van der Waals surface area contributed by atoms with Gasteiger partial charge in [-0.1, -0.05) is 17.7 Å². The smallest absolute Gasteiger partial charge is 0.283 e. The molecule has 2 rings (SSSR count). The molecule has 1 aromatic carbocycles. The molecule has 0 aromatic heterocycles. The third-order valence-electron chi connectivity index (χ3n) is 3.44. The first kappa shape index (κ1) is 14.3. The minimum atomic E-state index is -0.940. The molecule has 1 aliphatic rings. The summed E-state index contributed by atoms with van der Waals surface area (Å²) in [6.45, 7) is 0. The van der Waals surface area contributed by atoms with Crippen molar-refractivity contribution >= 4 is 23.2 Å². The molecule has 0 spiro atoms. The second-order valence-corrected chi connectivity index (χ2v) is 5.15. The molecule has 1 saturated carbocycles. The zero-order valence-corrected chi connectivity index (χ0v) is 11.3. The van der Waals surface area contributed by atoms with E-state index in [-0.39, 0.29) is 16.3 Å². The monoisotopic (exact) mass is 293 g/mol. The van der Waals surface area contributed by atoms with Gasteiger partial charge < -0.3 is 5.32 Å². The fourth-order valence-electron chi connectivity index (χ4n) is 2.41. The highest BCUT2D eigenvalue weighted by Gasteiger charge is 2.37. The molecule has 1 amide bonds. The number of nitrogens with one attached hydrogen (secondary N) is 1. The lowest BCUT2D eigenvalue weighted by molar-refractivity contribution is -0.385. The summed E-state index contributed by atoms with van der Waals surface area (Å²) in [6.07, 6.45) is 2.79. The predicted octanol–water partition coefficient (Wildman–Crippen LogP) is 2.81. The van der Waals surface area contributed by atoms with Crippen molar-refractivity contribution in [2.24, 2.45) is 0 Å². The maximum Gasteiger partial charge on any atom is 0.283 e. The lowest BCUT2D eigenvalue weighted by Crippen LogP contribution is -2.45. The van der Waals surface area contributed by atoms with Gasteiger partial charge in [0, 0.05) is 6.07 Å². The third-order valence-corrected chi connectivity index (χ3v) is 3.75. The van der Waals surface area contributed by atoms with E-state index in [9.17, 15) is 20.2 Å². The van der Waals surface area contributed by atoms with Crippen LogP contribution < -0.4 is 5.32 Å². The Morgan fingerprint density at radius 1 is 1.45 bits per heavy atom. The Kier molecular flexibility index (Phi) is 3.91. The van der Waals surface area contributed by atoms with E-state index in [1.165, 1.54) is 18.2 Å². The Balaban J connectivity index is 2.35. The van der Waals surface area contributed by atoms with Crippen LogP contribution in [0.15, 0.2) is 18.2 Å². The number of nitro groups is 1. The number of rotatable bonds is 3. The fraction of sp³-hybridized carbons (Fsp3) is 0.385. The van der Waals surface area contributed by atoms with Crippen LogP contribution in [0.2, 0.25) is 5.02 Å². The van der Waals surface area contributed by atoms with Crippen molar-refractivity contribution in [3.63, 3.8) is 0 Å². The molecule has 6 nitrogen and oxygen atoms in total. The minimum absolute atomic E-state index is 0.00258. The summed E-state index contributed by atoms with van der Waals surface area (Å²) in [5.41, 5.74) is -1.49. The maximum absolute atomic E-state index is 12.3. The van der Waals surface area contributed by atoms with Crippen LogP contribution >= 0.6 is 11.6 Å². The zero-order chi connectivity index (χ0) is 14.8. The number of hydrogen-bond acceptors (Lipinski definition) is 4. The summed E-state index contributed by atoms with van der Waals surface area (Å²) in [5, 5.41) is 22.8. The van der Waals surface area contributed by atoms with Gasteiger partial charge in [-0.2, -0.15) is 5.26 Å². The summed E-state index contributed by atoms with van der Waals surface area (Å²) in [6, 6.07) is 6.14. The number of amides is 1. The van der Waals surface area contributed by atoms with E-state index >= 15 is 0 Å². The molecule has 0 atom stereocenters. The minimum Gasteiger partial charge on any atom is -0.333 e. The molecule has 0 bridgehead atoms. The Morgan fingerprint density at radius 2 is 2.10 bits per heavy atom. The predicted molar refractivity (Wildman–Crippen MR) is 72.4 cm³/mol. The molecular formula is C13H12ClN3O3. The van der Waals surface area contributed by atoms with E-state index < -0.39 is 16.4 Å². The Labute approximate surface area is 120 Å². The average Bonchev–Trinajstić information content (AvgIpc) is 2.87. The van der Waals surface area contributed by atoms with E-state index in [1.807, 2.05) is 0 Å². The van der Waals surface area contributed by atoms with Crippen LogP contribution in [0.3, 0.4) is 0 Å². The zero-order valence-electron chi connectivity index (χ0n) is 10.6. The molecule has 1 aromatic rings. The van der Waals surface area contributed by atoms with Gasteiger partial charge >= 0.3 is 0 Å². The molecular weight excluding hydrogens is 282 g/mol. The lowest BCUT2D eigenvalue weighted by Gasteiger charge is -2.22. The van der Waals surface area contributed by atoms with Gasteiger partial charge in [0.2, 0.25) is 0 Å². The topological polar surface area (TPSA) is 96.0 Å². The van der Waals surface area contributed by atoms with E-state index in [1.54, 1.807) is 0 Å². The van der Waals surface area contributed by atoms with E-state index in [4.69, 9.17) is 11.6 Å². The van der Waals surface area contributed by atoms with Crippen LogP contribution in [-0.2, 0) is 0 Å². The molecule has 7 heteroatoms. The summed E-state index contributed by atoms with van der Waals surface area (Å²) in [4.78, 5) is 22.6. The third kappa shape index (κ3) is 2.58. The van der Waals surface area contributed by atoms with Crippen LogP contribution in [0, 0.1) is 21.4 Å². The maximum atomic E-state index is 12.3. The van der Waals surface area contributed by atoms with E-state index in [0.717, 1.165) is 12.8 Å². The number of halogens is 1. The molecule has 1 fully saturated rings. The van der Waals surface area contributed by atoms with E-state index in [0.29, 0.717) is 12.8 Å². The van der Waals surface area contributed by atoms with Crippen molar-refractivity contribution < 1.29 is 9.72 Å². The van der Waals surface area contributed by atoms with Crippen molar-refractivity contribution in [2.45, 2.75) is 31.2 Å². The normalized spacial score (nSPS) is 16.4. The van der Waals surface area contributed by atoms with Crippen molar-refractivity contribution in [1.82, 2.24) is 5.32 Å². The first-order valence-electron chi connectivity index (χ1n) is 6.16. The number of nitriles is 1. The average molecular weight is 294 g/mol. The summed E-state index contributed by atoms with van der Waals surface area (Å²) in [7, 11) is 0. The van der Waals surface area contributed by atoms with Gasteiger partial charge in [-0.15, -0.1) is 0 Å². The molecule has 20 heavy (non-hydrogen) atoms. The summed E-state index contributed by atoms with van der Waals surface area (Å²) in [5.74, 6) is -0.675. The van der Waals surface area contributed by atoms with Crippen LogP contribution in [0.1, 0.15) is 36.0 Å². The highest BCUT2D eigenvalue weighted by atomic mass is 35.5. The molecule has 0 heterocycles. The van der Waals surface area contributed by atoms with Gasteiger partial charge in [-0.05, 0) is 31.7 Å². The molecule has 104 valence electrons. The van der Waals surface area contributed by atoms with Crippen LogP contribution in [-0.4, -0.2) is 16.4 Å². The number of carbonyl (C=O) groups excluding carboxylic acids is 1. The first-order valence-corrected chi connectivity index (χ1v) is 6.53. The van der Waals surface area contributed by atoms with Crippen molar-refractivity contribution in [3.05, 3.63) is 38.9 Å². The van der Waals surface area contributed by atoms with Gasteiger partial charge in [-0.3, -0.25) is 14.9 Å². The van der Waals surface area contributed by atoms with Crippen LogP contribution in [0.25, 0.3) is 0 Å².